The van der Waals surface area contributed by atoms with Crippen molar-refractivity contribution < 1.29 is 13.0 Å². The maximum absolute atomic E-state index is 12.1. The molecule has 3 unspecified atom stereocenters. The second kappa shape index (κ2) is 4.55. The van der Waals surface area contributed by atoms with Gasteiger partial charge < -0.3 is 0 Å². The lowest BCUT2D eigenvalue weighted by molar-refractivity contribution is 0.320. The van der Waals surface area contributed by atoms with E-state index < -0.39 is 20.3 Å². The summed E-state index contributed by atoms with van der Waals surface area (Å²) in [6.07, 6.45) is 5.63. The Bertz CT molecular complexity index is 705. The van der Waals surface area contributed by atoms with E-state index >= 15 is 0 Å². The predicted molar refractivity (Wildman–Crippen MR) is 84.3 cm³/mol. The molecule has 2 fully saturated rings. The predicted octanol–water partition coefficient (Wildman–Crippen LogP) is 3.70. The monoisotopic (exact) mass is 304 g/mol. The Labute approximate surface area is 126 Å². The Balaban J connectivity index is 2.06. The molecule has 2 saturated carbocycles. The highest BCUT2D eigenvalue weighted by Gasteiger charge is 2.66. The van der Waals surface area contributed by atoms with Crippen molar-refractivity contribution in [2.75, 3.05) is 0 Å². The lowest BCUT2D eigenvalue weighted by atomic mass is 9.71. The van der Waals surface area contributed by atoms with Crippen LogP contribution in [0.5, 0.6) is 0 Å². The van der Waals surface area contributed by atoms with Gasteiger partial charge in [-0.3, -0.25) is 4.55 Å². The van der Waals surface area contributed by atoms with Crippen LogP contribution in [0.4, 0.5) is 0 Å². The highest BCUT2D eigenvalue weighted by Crippen LogP contribution is 2.65. The summed E-state index contributed by atoms with van der Waals surface area (Å²) in [6.45, 7) is 6.02. The first-order chi connectivity index (χ1) is 9.80. The minimum absolute atomic E-state index is 0.192. The summed E-state index contributed by atoms with van der Waals surface area (Å²) in [5, 5.41) is 0. The molecule has 2 bridgehead atoms. The summed E-state index contributed by atoms with van der Waals surface area (Å²) >= 11 is 0. The van der Waals surface area contributed by atoms with E-state index in [1.807, 2.05) is 49.4 Å². The van der Waals surface area contributed by atoms with Gasteiger partial charge in [-0.2, -0.15) is 8.42 Å². The van der Waals surface area contributed by atoms with Crippen molar-refractivity contribution in [3.8, 4) is 0 Å². The molecule has 0 spiro atoms. The van der Waals surface area contributed by atoms with Crippen molar-refractivity contribution in [1.82, 2.24) is 0 Å². The van der Waals surface area contributed by atoms with Crippen LogP contribution in [0.15, 0.2) is 48.6 Å². The van der Waals surface area contributed by atoms with Crippen molar-refractivity contribution >= 4 is 16.2 Å². The number of benzene rings is 1. The third-order valence-electron chi connectivity index (χ3n) is 5.48. The Morgan fingerprint density at radius 2 is 2.00 bits per heavy atom. The SMILES string of the molecule is C=C1C2CCC(S(=O)(=O)O)(C2)C1(C)C=Cc1ccccc1. The smallest absolute Gasteiger partial charge is 0.271 e. The average Bonchev–Trinajstić information content (AvgIpc) is 2.98. The summed E-state index contributed by atoms with van der Waals surface area (Å²) in [4.78, 5) is 0. The lowest BCUT2D eigenvalue weighted by Gasteiger charge is -2.41. The molecule has 0 aromatic heterocycles. The summed E-state index contributed by atoms with van der Waals surface area (Å²) in [7, 11) is -4.13. The van der Waals surface area contributed by atoms with Crippen LogP contribution in [0.3, 0.4) is 0 Å². The minimum Gasteiger partial charge on any atom is -0.285 e. The van der Waals surface area contributed by atoms with E-state index in [0.717, 1.165) is 17.6 Å². The summed E-state index contributed by atoms with van der Waals surface area (Å²) < 4.78 is 32.9. The molecule has 2 aliphatic rings. The van der Waals surface area contributed by atoms with Gasteiger partial charge in [-0.15, -0.1) is 0 Å². The van der Waals surface area contributed by atoms with E-state index in [0.29, 0.717) is 12.8 Å². The van der Waals surface area contributed by atoms with E-state index in [-0.39, 0.29) is 5.92 Å². The zero-order chi connectivity index (χ0) is 15.3. The molecule has 3 rings (SSSR count). The molecule has 0 aliphatic heterocycles. The molecule has 0 heterocycles. The van der Waals surface area contributed by atoms with Crippen molar-refractivity contribution in [3.05, 3.63) is 54.1 Å². The molecular weight excluding hydrogens is 284 g/mol. The Morgan fingerprint density at radius 1 is 1.33 bits per heavy atom. The van der Waals surface area contributed by atoms with Gasteiger partial charge in [-0.1, -0.05) is 61.6 Å². The Kier molecular flexibility index (Phi) is 3.15. The maximum atomic E-state index is 12.1. The van der Waals surface area contributed by atoms with E-state index in [4.69, 9.17) is 0 Å². The number of rotatable bonds is 3. The fourth-order valence-electron chi connectivity index (χ4n) is 4.08. The number of fused-ring (bicyclic) bond motifs is 2. The van der Waals surface area contributed by atoms with Crippen molar-refractivity contribution in [3.63, 3.8) is 0 Å². The normalized spacial score (nSPS) is 35.7. The van der Waals surface area contributed by atoms with Gasteiger partial charge in [-0.25, -0.2) is 0 Å². The Hall–Kier alpha value is -1.39. The number of hydrogen-bond donors (Lipinski definition) is 1. The van der Waals surface area contributed by atoms with Gasteiger partial charge in [0.1, 0.15) is 4.75 Å². The molecule has 3 atom stereocenters. The van der Waals surface area contributed by atoms with E-state index in [9.17, 15) is 13.0 Å². The standard InChI is InChI=1S/C17H20O3S/c1-13-15-9-11-17(12-15,21(18,19)20)16(13,2)10-8-14-6-4-3-5-7-14/h3-8,10,15H,1,9,11-12H2,2H3,(H,18,19,20). The molecule has 1 aromatic rings. The van der Waals surface area contributed by atoms with E-state index in [2.05, 4.69) is 6.58 Å². The van der Waals surface area contributed by atoms with Gasteiger partial charge in [0.05, 0.1) is 0 Å². The molecule has 0 saturated heterocycles. The lowest BCUT2D eigenvalue weighted by Crippen LogP contribution is -2.48. The summed E-state index contributed by atoms with van der Waals surface area (Å²) in [6, 6.07) is 9.76. The van der Waals surface area contributed by atoms with Gasteiger partial charge in [0.15, 0.2) is 0 Å². The first kappa shape index (κ1) is 14.5. The van der Waals surface area contributed by atoms with Gasteiger partial charge in [0, 0.05) is 5.41 Å². The highest BCUT2D eigenvalue weighted by atomic mass is 32.2. The first-order valence-electron chi connectivity index (χ1n) is 7.21. The molecule has 2 aliphatic carbocycles. The average molecular weight is 304 g/mol. The molecule has 1 aromatic carbocycles. The third kappa shape index (κ3) is 1.93. The number of hydrogen-bond acceptors (Lipinski definition) is 2. The first-order valence-corrected chi connectivity index (χ1v) is 8.65. The van der Waals surface area contributed by atoms with Gasteiger partial charge in [0.25, 0.3) is 10.1 Å². The van der Waals surface area contributed by atoms with Crippen LogP contribution in [-0.4, -0.2) is 17.7 Å². The van der Waals surface area contributed by atoms with Crippen LogP contribution in [0.1, 0.15) is 31.7 Å². The van der Waals surface area contributed by atoms with E-state index in [1.54, 1.807) is 0 Å². The third-order valence-corrected chi connectivity index (χ3v) is 7.26. The van der Waals surface area contributed by atoms with Crippen LogP contribution in [0, 0.1) is 11.3 Å². The molecule has 0 amide bonds. The second-order valence-corrected chi connectivity index (χ2v) is 8.11. The summed E-state index contributed by atoms with van der Waals surface area (Å²) in [5.74, 6) is 0.192. The fourth-order valence-corrected chi connectivity index (χ4v) is 5.61. The minimum atomic E-state index is -4.13. The van der Waals surface area contributed by atoms with Crippen LogP contribution in [-0.2, 0) is 10.1 Å². The molecule has 21 heavy (non-hydrogen) atoms. The molecule has 0 radical (unpaired) electrons. The van der Waals surface area contributed by atoms with Crippen LogP contribution in [0.25, 0.3) is 6.08 Å². The van der Waals surface area contributed by atoms with Crippen molar-refractivity contribution in [2.24, 2.45) is 11.3 Å². The van der Waals surface area contributed by atoms with Crippen LogP contribution in [0.2, 0.25) is 0 Å². The van der Waals surface area contributed by atoms with Crippen LogP contribution < -0.4 is 0 Å². The number of allylic oxidation sites excluding steroid dienone is 2. The molecule has 1 N–H and O–H groups in total. The Morgan fingerprint density at radius 3 is 2.62 bits per heavy atom. The molecule has 4 heteroatoms. The van der Waals surface area contributed by atoms with Gasteiger partial charge >= 0.3 is 0 Å². The summed E-state index contributed by atoms with van der Waals surface area (Å²) in [5.41, 5.74) is 1.23. The van der Waals surface area contributed by atoms with Gasteiger partial charge in [-0.05, 0) is 30.7 Å². The maximum Gasteiger partial charge on any atom is 0.271 e. The molecule has 112 valence electrons. The van der Waals surface area contributed by atoms with Gasteiger partial charge in [0.2, 0.25) is 0 Å². The molecular formula is C17H20O3S. The van der Waals surface area contributed by atoms with Crippen molar-refractivity contribution in [2.45, 2.75) is 30.9 Å². The zero-order valence-electron chi connectivity index (χ0n) is 12.1. The molecule has 3 nitrogen and oxygen atoms in total. The fraction of sp³-hybridized carbons (Fsp3) is 0.412. The quantitative estimate of drug-likeness (QED) is 0.684. The highest BCUT2D eigenvalue weighted by molar-refractivity contribution is 7.87. The van der Waals surface area contributed by atoms with E-state index in [1.165, 1.54) is 0 Å². The zero-order valence-corrected chi connectivity index (χ0v) is 12.9. The van der Waals surface area contributed by atoms with Crippen LogP contribution >= 0.6 is 0 Å². The second-order valence-electron chi connectivity index (χ2n) is 6.38. The topological polar surface area (TPSA) is 54.4 Å². The largest absolute Gasteiger partial charge is 0.285 e. The van der Waals surface area contributed by atoms with Crippen molar-refractivity contribution in [1.29, 1.82) is 0 Å².